The molecule has 3 heteroatoms. The highest BCUT2D eigenvalue weighted by atomic mass is 16.5. The maximum absolute atomic E-state index is 6.45. The molecular formula is C19H27NO2. The van der Waals surface area contributed by atoms with Crippen molar-refractivity contribution in [2.45, 2.75) is 51.2 Å². The Morgan fingerprint density at radius 3 is 2.86 bits per heavy atom. The third kappa shape index (κ3) is 1.84. The molecule has 2 unspecified atom stereocenters. The quantitative estimate of drug-likeness (QED) is 0.853. The van der Waals surface area contributed by atoms with Crippen LogP contribution in [-0.2, 0) is 6.42 Å². The molecule has 0 spiro atoms. The van der Waals surface area contributed by atoms with Gasteiger partial charge in [-0.1, -0.05) is 19.9 Å². The van der Waals surface area contributed by atoms with E-state index in [-0.39, 0.29) is 0 Å². The van der Waals surface area contributed by atoms with E-state index in [1.807, 2.05) is 0 Å². The molecule has 2 aliphatic carbocycles. The second-order valence-electron chi connectivity index (χ2n) is 7.34. The highest BCUT2D eigenvalue weighted by molar-refractivity contribution is 5.57. The summed E-state index contributed by atoms with van der Waals surface area (Å²) in [6, 6.07) is 5.02. The molecule has 1 fully saturated rings. The summed E-state index contributed by atoms with van der Waals surface area (Å²) in [5.74, 6) is 3.90. The molecule has 120 valence electrons. The van der Waals surface area contributed by atoms with Crippen molar-refractivity contribution >= 4 is 0 Å². The molecule has 1 saturated carbocycles. The van der Waals surface area contributed by atoms with Crippen LogP contribution in [0.3, 0.4) is 0 Å². The third-order valence-electron chi connectivity index (χ3n) is 6.38. The van der Waals surface area contributed by atoms with Gasteiger partial charge in [0.05, 0.1) is 7.11 Å². The summed E-state index contributed by atoms with van der Waals surface area (Å²) >= 11 is 0. The molecule has 0 bridgehead atoms. The molecule has 0 N–H and O–H groups in total. The van der Waals surface area contributed by atoms with Gasteiger partial charge in [0.15, 0.2) is 11.5 Å². The van der Waals surface area contributed by atoms with Gasteiger partial charge in [0.25, 0.3) is 0 Å². The highest BCUT2D eigenvalue weighted by Gasteiger charge is 2.52. The van der Waals surface area contributed by atoms with Gasteiger partial charge in [-0.25, -0.2) is 0 Å². The summed E-state index contributed by atoms with van der Waals surface area (Å²) in [7, 11) is 4.03. The maximum Gasteiger partial charge on any atom is 0.165 e. The van der Waals surface area contributed by atoms with E-state index >= 15 is 0 Å². The number of likely N-dealkylation sites (N-methyl/N-ethyl adjacent to an activating group) is 1. The van der Waals surface area contributed by atoms with Gasteiger partial charge >= 0.3 is 0 Å². The van der Waals surface area contributed by atoms with Crippen LogP contribution in [0.25, 0.3) is 0 Å². The second-order valence-corrected chi connectivity index (χ2v) is 7.34. The first-order chi connectivity index (χ1) is 10.7. The Hall–Kier alpha value is -1.22. The van der Waals surface area contributed by atoms with Crippen molar-refractivity contribution in [2.75, 3.05) is 20.7 Å². The first-order valence-electron chi connectivity index (χ1n) is 8.72. The average molecular weight is 301 g/mol. The minimum atomic E-state index is 0.344. The molecule has 1 aromatic rings. The topological polar surface area (TPSA) is 21.7 Å². The zero-order chi connectivity index (χ0) is 15.4. The van der Waals surface area contributed by atoms with Gasteiger partial charge in [-0.2, -0.15) is 0 Å². The number of hydrogen-bond acceptors (Lipinski definition) is 3. The molecule has 0 amide bonds. The van der Waals surface area contributed by atoms with Gasteiger partial charge < -0.3 is 14.4 Å². The largest absolute Gasteiger partial charge is 0.493 e. The van der Waals surface area contributed by atoms with E-state index in [9.17, 15) is 0 Å². The molecule has 0 saturated heterocycles. The van der Waals surface area contributed by atoms with Gasteiger partial charge in [0.2, 0.25) is 0 Å². The molecule has 0 aromatic heterocycles. The molecule has 22 heavy (non-hydrogen) atoms. The van der Waals surface area contributed by atoms with E-state index in [1.54, 1.807) is 7.11 Å². The first kappa shape index (κ1) is 14.4. The van der Waals surface area contributed by atoms with E-state index in [0.717, 1.165) is 30.4 Å². The van der Waals surface area contributed by atoms with E-state index < -0.39 is 0 Å². The highest BCUT2D eigenvalue weighted by Crippen LogP contribution is 2.58. The fourth-order valence-electron chi connectivity index (χ4n) is 5.07. The van der Waals surface area contributed by atoms with E-state index in [1.165, 1.54) is 24.0 Å². The van der Waals surface area contributed by atoms with Crippen LogP contribution in [0.2, 0.25) is 0 Å². The zero-order valence-corrected chi connectivity index (χ0v) is 14.1. The number of methoxy groups -OCH3 is 1. The van der Waals surface area contributed by atoms with Crippen LogP contribution in [0.4, 0.5) is 0 Å². The summed E-state index contributed by atoms with van der Waals surface area (Å²) in [5.41, 5.74) is 2.96. The van der Waals surface area contributed by atoms with Crippen LogP contribution in [0.15, 0.2) is 12.1 Å². The fraction of sp³-hybridized carbons (Fsp3) is 0.684. The molecule has 4 rings (SSSR count). The smallest absolute Gasteiger partial charge is 0.165 e. The van der Waals surface area contributed by atoms with Gasteiger partial charge in [-0.3, -0.25) is 0 Å². The van der Waals surface area contributed by atoms with Crippen molar-refractivity contribution in [1.82, 2.24) is 4.90 Å². The van der Waals surface area contributed by atoms with Gasteiger partial charge in [0.1, 0.15) is 6.10 Å². The van der Waals surface area contributed by atoms with Gasteiger partial charge in [-0.15, -0.1) is 0 Å². The van der Waals surface area contributed by atoms with Crippen LogP contribution in [0.5, 0.6) is 11.5 Å². The molecular weight excluding hydrogens is 274 g/mol. The number of nitrogens with zero attached hydrogens (tertiary/aromatic N) is 1. The van der Waals surface area contributed by atoms with Crippen LogP contribution < -0.4 is 9.47 Å². The summed E-state index contributed by atoms with van der Waals surface area (Å²) in [6.07, 6.45) is 4.11. The Labute approximate surface area is 133 Å². The van der Waals surface area contributed by atoms with Crippen molar-refractivity contribution in [2.24, 2.45) is 11.8 Å². The minimum absolute atomic E-state index is 0.344. The van der Waals surface area contributed by atoms with E-state index in [0.29, 0.717) is 24.0 Å². The predicted octanol–water partition coefficient (Wildman–Crippen LogP) is 3.46. The molecule has 5 atom stereocenters. The lowest BCUT2D eigenvalue weighted by molar-refractivity contribution is 0.0325. The molecule has 3 nitrogen and oxygen atoms in total. The number of benzene rings is 1. The fourth-order valence-corrected chi connectivity index (χ4v) is 5.07. The Kier molecular flexibility index (Phi) is 3.37. The third-order valence-corrected chi connectivity index (χ3v) is 6.38. The predicted molar refractivity (Wildman–Crippen MR) is 87.8 cm³/mol. The molecule has 0 radical (unpaired) electrons. The normalized spacial score (nSPS) is 35.2. The van der Waals surface area contributed by atoms with Gasteiger partial charge in [-0.05, 0) is 56.3 Å². The monoisotopic (exact) mass is 301 g/mol. The lowest BCUT2D eigenvalue weighted by Crippen LogP contribution is -2.50. The van der Waals surface area contributed by atoms with Crippen molar-refractivity contribution in [3.63, 3.8) is 0 Å². The summed E-state index contributed by atoms with van der Waals surface area (Å²) in [4.78, 5) is 2.54. The maximum atomic E-state index is 6.45. The summed E-state index contributed by atoms with van der Waals surface area (Å²) < 4.78 is 12.0. The van der Waals surface area contributed by atoms with Crippen molar-refractivity contribution < 1.29 is 9.47 Å². The zero-order valence-electron chi connectivity index (χ0n) is 14.1. The molecule has 3 aliphatic rings. The Morgan fingerprint density at radius 2 is 2.14 bits per heavy atom. The molecule has 1 aromatic carbocycles. The van der Waals surface area contributed by atoms with Crippen LogP contribution in [-0.4, -0.2) is 37.7 Å². The number of rotatable bonds is 3. The number of ether oxygens (including phenoxy) is 2. The standard InChI is InChI=1S/C19H27NO2/c1-5-20(3)14-10-12-7-9-15(21-4)19-16(12)17-13(14)8-6-11(2)18(17)22-19/h7,9,11,13-14,17-18H,5-6,8,10H2,1-4H3/t11?,13-,14+,17?,18-/m1/s1. The van der Waals surface area contributed by atoms with E-state index in [4.69, 9.17) is 9.47 Å². The Bertz CT molecular complexity index is 585. The van der Waals surface area contributed by atoms with Gasteiger partial charge in [0, 0.05) is 17.5 Å². The lowest BCUT2D eigenvalue weighted by atomic mass is 9.63. The Morgan fingerprint density at radius 1 is 1.32 bits per heavy atom. The summed E-state index contributed by atoms with van der Waals surface area (Å²) in [6.45, 7) is 5.74. The van der Waals surface area contributed by atoms with E-state index in [2.05, 4.69) is 37.9 Å². The number of hydrogen-bond donors (Lipinski definition) is 0. The molecule has 1 aliphatic heterocycles. The van der Waals surface area contributed by atoms with Crippen molar-refractivity contribution in [3.8, 4) is 11.5 Å². The van der Waals surface area contributed by atoms with Crippen molar-refractivity contribution in [3.05, 3.63) is 23.3 Å². The van der Waals surface area contributed by atoms with Crippen LogP contribution >= 0.6 is 0 Å². The van der Waals surface area contributed by atoms with Crippen molar-refractivity contribution in [1.29, 1.82) is 0 Å². The lowest BCUT2D eigenvalue weighted by Gasteiger charge is -2.47. The summed E-state index contributed by atoms with van der Waals surface area (Å²) in [5, 5.41) is 0. The SMILES string of the molecule is CCN(C)[C@H]1Cc2ccc(OC)c3c2C2[C@H](O3)C(C)CC[C@@H]21. The van der Waals surface area contributed by atoms with Crippen LogP contribution in [0.1, 0.15) is 43.7 Å². The second kappa shape index (κ2) is 5.16. The molecule has 1 heterocycles. The average Bonchev–Trinajstić information content (AvgIpc) is 2.95. The minimum Gasteiger partial charge on any atom is -0.493 e. The first-order valence-corrected chi connectivity index (χ1v) is 8.72. The van der Waals surface area contributed by atoms with Crippen LogP contribution in [0, 0.1) is 11.8 Å². The Balaban J connectivity index is 1.84.